The SMILES string of the molecule is C=C1C(CC(N)C=O)C1c1ccc(OC)cc1. The molecule has 1 aliphatic rings. The summed E-state index contributed by atoms with van der Waals surface area (Å²) < 4.78 is 5.12. The van der Waals surface area contributed by atoms with Crippen LogP contribution in [0.2, 0.25) is 0 Å². The van der Waals surface area contributed by atoms with Crippen LogP contribution in [-0.4, -0.2) is 19.4 Å². The minimum atomic E-state index is -0.375. The molecule has 0 amide bonds. The van der Waals surface area contributed by atoms with Crippen LogP contribution in [0, 0.1) is 5.92 Å². The minimum Gasteiger partial charge on any atom is -0.497 e. The van der Waals surface area contributed by atoms with Crippen molar-refractivity contribution in [1.82, 2.24) is 0 Å². The van der Waals surface area contributed by atoms with Gasteiger partial charge in [-0.2, -0.15) is 0 Å². The fraction of sp³-hybridized carbons (Fsp3) is 0.357. The quantitative estimate of drug-likeness (QED) is 0.622. The van der Waals surface area contributed by atoms with Crippen molar-refractivity contribution in [1.29, 1.82) is 0 Å². The van der Waals surface area contributed by atoms with Crippen molar-refractivity contribution >= 4 is 6.29 Å². The third-order valence-electron chi connectivity index (χ3n) is 3.34. The predicted octanol–water partition coefficient (Wildman–Crippen LogP) is 1.88. The molecular formula is C14H17NO2. The third-order valence-corrected chi connectivity index (χ3v) is 3.34. The first-order chi connectivity index (χ1) is 8.17. The molecule has 0 radical (unpaired) electrons. The maximum Gasteiger partial charge on any atom is 0.136 e. The van der Waals surface area contributed by atoms with Crippen LogP contribution in [0.5, 0.6) is 5.75 Å². The lowest BCUT2D eigenvalue weighted by molar-refractivity contribution is -0.109. The highest BCUT2D eigenvalue weighted by atomic mass is 16.5. The van der Waals surface area contributed by atoms with Crippen molar-refractivity contribution in [3.63, 3.8) is 0 Å². The average molecular weight is 231 g/mol. The van der Waals surface area contributed by atoms with E-state index in [-0.39, 0.29) is 6.04 Å². The molecule has 3 nitrogen and oxygen atoms in total. The molecule has 0 aromatic heterocycles. The van der Waals surface area contributed by atoms with Crippen LogP contribution in [0.4, 0.5) is 0 Å². The van der Waals surface area contributed by atoms with Gasteiger partial charge in [-0.05, 0) is 30.0 Å². The smallest absolute Gasteiger partial charge is 0.136 e. The van der Waals surface area contributed by atoms with Crippen LogP contribution < -0.4 is 10.5 Å². The molecule has 90 valence electrons. The zero-order valence-corrected chi connectivity index (χ0v) is 9.93. The summed E-state index contributed by atoms with van der Waals surface area (Å²) in [5.74, 6) is 1.55. The number of hydrogen-bond donors (Lipinski definition) is 1. The molecule has 1 aromatic carbocycles. The number of nitrogens with two attached hydrogens (primary N) is 1. The summed E-state index contributed by atoms with van der Waals surface area (Å²) in [6, 6.07) is 7.59. The molecular weight excluding hydrogens is 214 g/mol. The van der Waals surface area contributed by atoms with Crippen molar-refractivity contribution in [2.24, 2.45) is 11.7 Å². The Morgan fingerprint density at radius 2 is 2.12 bits per heavy atom. The molecule has 2 rings (SSSR count). The Balaban J connectivity index is 2.04. The Bertz CT molecular complexity index is 424. The van der Waals surface area contributed by atoms with Gasteiger partial charge < -0.3 is 15.3 Å². The number of benzene rings is 1. The number of allylic oxidation sites excluding steroid dienone is 1. The summed E-state index contributed by atoms with van der Waals surface area (Å²) in [6.07, 6.45) is 1.50. The predicted molar refractivity (Wildman–Crippen MR) is 67.0 cm³/mol. The molecule has 1 saturated carbocycles. The van der Waals surface area contributed by atoms with E-state index in [1.54, 1.807) is 7.11 Å². The first kappa shape index (κ1) is 11.9. The van der Waals surface area contributed by atoms with E-state index in [9.17, 15) is 4.79 Å². The van der Waals surface area contributed by atoms with Crippen LogP contribution >= 0.6 is 0 Å². The van der Waals surface area contributed by atoms with Gasteiger partial charge in [0.05, 0.1) is 13.2 Å². The molecule has 0 bridgehead atoms. The van der Waals surface area contributed by atoms with Crippen LogP contribution in [0.25, 0.3) is 0 Å². The molecule has 0 saturated heterocycles. The minimum absolute atomic E-state index is 0.351. The summed E-state index contributed by atoms with van der Waals surface area (Å²) in [5.41, 5.74) is 8.03. The largest absolute Gasteiger partial charge is 0.497 e. The highest BCUT2D eigenvalue weighted by molar-refractivity contribution is 5.58. The van der Waals surface area contributed by atoms with Gasteiger partial charge in [-0.1, -0.05) is 24.3 Å². The first-order valence-corrected chi connectivity index (χ1v) is 5.71. The molecule has 1 aromatic rings. The zero-order valence-electron chi connectivity index (χ0n) is 9.93. The van der Waals surface area contributed by atoms with Crippen LogP contribution in [0.1, 0.15) is 17.9 Å². The number of methoxy groups -OCH3 is 1. The van der Waals surface area contributed by atoms with Crippen LogP contribution in [-0.2, 0) is 4.79 Å². The zero-order chi connectivity index (χ0) is 12.4. The van der Waals surface area contributed by atoms with E-state index in [2.05, 4.69) is 6.58 Å². The van der Waals surface area contributed by atoms with E-state index in [4.69, 9.17) is 10.5 Å². The highest BCUT2D eigenvalue weighted by Gasteiger charge is 2.43. The fourth-order valence-corrected chi connectivity index (χ4v) is 2.27. The highest BCUT2D eigenvalue weighted by Crippen LogP contribution is 2.54. The van der Waals surface area contributed by atoms with Crippen molar-refractivity contribution in [3.05, 3.63) is 42.0 Å². The van der Waals surface area contributed by atoms with E-state index < -0.39 is 0 Å². The number of carbonyl (C=O) groups excluding carboxylic acids is 1. The van der Waals surface area contributed by atoms with Gasteiger partial charge in [0.25, 0.3) is 0 Å². The lowest BCUT2D eigenvalue weighted by Crippen LogP contribution is -2.22. The maximum absolute atomic E-state index is 10.5. The van der Waals surface area contributed by atoms with Crippen LogP contribution in [0.3, 0.4) is 0 Å². The molecule has 2 N–H and O–H groups in total. The third kappa shape index (κ3) is 2.39. The summed E-state index contributed by atoms with van der Waals surface area (Å²) in [4.78, 5) is 10.5. The summed E-state index contributed by atoms with van der Waals surface area (Å²) in [5, 5.41) is 0. The molecule has 3 heteroatoms. The van der Waals surface area contributed by atoms with E-state index in [0.29, 0.717) is 18.3 Å². The molecule has 3 atom stereocenters. The molecule has 0 aliphatic heterocycles. The van der Waals surface area contributed by atoms with Crippen molar-refractivity contribution in [2.75, 3.05) is 7.11 Å². The van der Waals surface area contributed by atoms with E-state index >= 15 is 0 Å². The second-order valence-corrected chi connectivity index (χ2v) is 4.47. The fourth-order valence-electron chi connectivity index (χ4n) is 2.27. The van der Waals surface area contributed by atoms with Gasteiger partial charge in [-0.25, -0.2) is 0 Å². The Labute approximate surface area is 101 Å². The monoisotopic (exact) mass is 231 g/mol. The van der Waals surface area contributed by atoms with Gasteiger partial charge in [-0.15, -0.1) is 0 Å². The second-order valence-electron chi connectivity index (χ2n) is 4.47. The van der Waals surface area contributed by atoms with Gasteiger partial charge in [-0.3, -0.25) is 0 Å². The molecule has 3 unspecified atom stereocenters. The Kier molecular flexibility index (Phi) is 3.29. The van der Waals surface area contributed by atoms with Crippen molar-refractivity contribution in [3.8, 4) is 5.75 Å². The lowest BCUT2D eigenvalue weighted by Gasteiger charge is -2.03. The Hall–Kier alpha value is -1.61. The van der Waals surface area contributed by atoms with Gasteiger partial charge in [0.1, 0.15) is 12.0 Å². The number of rotatable bonds is 5. The Morgan fingerprint density at radius 3 is 2.65 bits per heavy atom. The van der Waals surface area contributed by atoms with Crippen molar-refractivity contribution in [2.45, 2.75) is 18.4 Å². The Morgan fingerprint density at radius 1 is 1.47 bits per heavy atom. The van der Waals surface area contributed by atoms with E-state index in [1.807, 2.05) is 24.3 Å². The number of ether oxygens (including phenoxy) is 1. The molecule has 0 heterocycles. The molecule has 1 aliphatic carbocycles. The van der Waals surface area contributed by atoms with Crippen molar-refractivity contribution < 1.29 is 9.53 Å². The number of aldehydes is 1. The van der Waals surface area contributed by atoms with E-state index in [1.165, 1.54) is 11.1 Å². The van der Waals surface area contributed by atoms with E-state index in [0.717, 1.165) is 12.0 Å². The summed E-state index contributed by atoms with van der Waals surface area (Å²) >= 11 is 0. The topological polar surface area (TPSA) is 52.3 Å². The number of carbonyl (C=O) groups is 1. The normalized spacial score (nSPS) is 24.2. The van der Waals surface area contributed by atoms with Gasteiger partial charge in [0.2, 0.25) is 0 Å². The molecule has 17 heavy (non-hydrogen) atoms. The molecule has 0 spiro atoms. The average Bonchev–Trinajstić information content (AvgIpc) is 2.99. The number of hydrogen-bond acceptors (Lipinski definition) is 3. The van der Waals surface area contributed by atoms with Crippen LogP contribution in [0.15, 0.2) is 36.4 Å². The van der Waals surface area contributed by atoms with Gasteiger partial charge >= 0.3 is 0 Å². The molecule has 1 fully saturated rings. The van der Waals surface area contributed by atoms with Gasteiger partial charge in [0, 0.05) is 5.92 Å². The summed E-state index contributed by atoms with van der Waals surface area (Å²) in [7, 11) is 1.65. The lowest BCUT2D eigenvalue weighted by atomic mass is 10.1. The maximum atomic E-state index is 10.5. The standard InChI is InChI=1S/C14H17NO2/c1-9-13(7-11(15)8-16)14(9)10-3-5-12(17-2)6-4-10/h3-6,8,11,13-14H,1,7,15H2,2H3. The first-order valence-electron chi connectivity index (χ1n) is 5.71. The summed E-state index contributed by atoms with van der Waals surface area (Å²) in [6.45, 7) is 4.03. The van der Waals surface area contributed by atoms with Gasteiger partial charge in [0.15, 0.2) is 0 Å². The second kappa shape index (κ2) is 4.72.